The normalized spacial score (nSPS) is 11.9. The number of benzene rings is 1. The summed E-state index contributed by atoms with van der Waals surface area (Å²) in [4.78, 5) is 22.7. The van der Waals surface area contributed by atoms with Crippen LogP contribution in [0.15, 0.2) is 30.3 Å². The van der Waals surface area contributed by atoms with Crippen LogP contribution in [0, 0.1) is 0 Å². The summed E-state index contributed by atoms with van der Waals surface area (Å²) < 4.78 is 5.04. The maximum absolute atomic E-state index is 11.6. The number of alkyl carbamates (subject to hydrolysis) is 1. The van der Waals surface area contributed by atoms with Gasteiger partial charge in [-0.2, -0.15) is 0 Å². The first-order chi connectivity index (χ1) is 8.78. The molecule has 20 heavy (non-hydrogen) atoms. The average Bonchev–Trinajstić information content (AvgIpc) is 2.26. The number of carbonyl (C=O) groups is 2. The van der Waals surface area contributed by atoms with E-state index >= 15 is 0 Å². The van der Waals surface area contributed by atoms with Gasteiger partial charge in [0.15, 0.2) is 0 Å². The molecule has 0 saturated heterocycles. The Kier molecular flexibility index (Phi) is 7.41. The number of carboxylic acid groups (broad SMARTS) is 1. The van der Waals surface area contributed by atoms with Crippen LogP contribution in [0.3, 0.4) is 0 Å². The zero-order chi connectivity index (χ0) is 14.5. The number of ether oxygens (including phenoxy) is 1. The van der Waals surface area contributed by atoms with Gasteiger partial charge < -0.3 is 15.2 Å². The number of carbonyl (C=O) groups excluding carboxylic acids is 1. The summed E-state index contributed by atoms with van der Waals surface area (Å²) in [6.07, 6.45) is -0.508. The molecule has 2 N–H and O–H groups in total. The second kappa shape index (κ2) is 7.98. The molecule has 1 aromatic carbocycles. The number of carboxylic acids is 1. The fraction of sp³-hybridized carbons (Fsp3) is 0.429. The Morgan fingerprint density at radius 2 is 1.80 bits per heavy atom. The Morgan fingerprint density at radius 1 is 1.25 bits per heavy atom. The number of nitrogens with one attached hydrogen (secondary N) is 1. The van der Waals surface area contributed by atoms with Crippen LogP contribution in [0.4, 0.5) is 4.79 Å². The summed E-state index contributed by atoms with van der Waals surface area (Å²) >= 11 is 0. The molecule has 0 saturated carbocycles. The van der Waals surface area contributed by atoms with E-state index in [0.29, 0.717) is 0 Å². The second-order valence-electron chi connectivity index (χ2n) is 5.23. The standard InChI is InChI=1S/C14H19NO4.Li.H/c1-14(2,3)19-13(18)15-11(12(16)17)9-10-7-5-4-6-8-10;;/h4-8,11H,9H2,1-3H3,(H,15,18)(H,16,17);;/t11-;;/m0../s1. The van der Waals surface area contributed by atoms with Crippen LogP contribution in [-0.4, -0.2) is 47.7 Å². The number of amides is 1. The minimum atomic E-state index is -1.09. The fourth-order valence-corrected chi connectivity index (χ4v) is 1.50. The van der Waals surface area contributed by atoms with Crippen LogP contribution in [-0.2, 0) is 16.0 Å². The molecule has 0 aliphatic heterocycles. The van der Waals surface area contributed by atoms with Crippen LogP contribution < -0.4 is 5.32 Å². The topological polar surface area (TPSA) is 75.6 Å². The van der Waals surface area contributed by atoms with Gasteiger partial charge in [0.05, 0.1) is 0 Å². The van der Waals surface area contributed by atoms with E-state index < -0.39 is 23.7 Å². The number of rotatable bonds is 4. The Bertz CT molecular complexity index is 442. The molecule has 0 aliphatic rings. The van der Waals surface area contributed by atoms with E-state index in [4.69, 9.17) is 9.84 Å². The zero-order valence-corrected chi connectivity index (χ0v) is 11.3. The molecular formula is C14H20LiNO4. The quantitative estimate of drug-likeness (QED) is 0.816. The third-order valence-electron chi connectivity index (χ3n) is 2.27. The zero-order valence-electron chi connectivity index (χ0n) is 11.3. The summed E-state index contributed by atoms with van der Waals surface area (Å²) in [6.45, 7) is 5.17. The van der Waals surface area contributed by atoms with E-state index in [0.717, 1.165) is 5.56 Å². The number of hydrogen-bond acceptors (Lipinski definition) is 3. The van der Waals surface area contributed by atoms with Gasteiger partial charge in [-0.15, -0.1) is 0 Å². The van der Waals surface area contributed by atoms with Crippen LogP contribution >= 0.6 is 0 Å². The Balaban J connectivity index is 0.00000361. The van der Waals surface area contributed by atoms with Crippen LogP contribution in [0.5, 0.6) is 0 Å². The van der Waals surface area contributed by atoms with Crippen molar-refractivity contribution in [3.05, 3.63) is 35.9 Å². The van der Waals surface area contributed by atoms with Crippen molar-refractivity contribution >= 4 is 30.9 Å². The van der Waals surface area contributed by atoms with Gasteiger partial charge >= 0.3 is 30.9 Å². The molecule has 0 heterocycles. The summed E-state index contributed by atoms with van der Waals surface area (Å²) in [5.74, 6) is -1.09. The molecule has 0 unspecified atom stereocenters. The summed E-state index contributed by atoms with van der Waals surface area (Å²) in [7, 11) is 0. The fourth-order valence-electron chi connectivity index (χ4n) is 1.50. The first kappa shape index (κ1) is 18.6. The van der Waals surface area contributed by atoms with Crippen molar-refractivity contribution in [3.8, 4) is 0 Å². The predicted molar refractivity (Wildman–Crippen MR) is 78.1 cm³/mol. The number of hydrogen-bond donors (Lipinski definition) is 2. The Morgan fingerprint density at radius 3 is 2.25 bits per heavy atom. The molecule has 6 heteroatoms. The molecule has 1 aromatic rings. The molecule has 0 fully saturated rings. The first-order valence-electron chi connectivity index (χ1n) is 6.04. The maximum atomic E-state index is 11.6. The molecule has 106 valence electrons. The average molecular weight is 273 g/mol. The van der Waals surface area contributed by atoms with E-state index in [-0.39, 0.29) is 25.3 Å². The second-order valence-corrected chi connectivity index (χ2v) is 5.23. The van der Waals surface area contributed by atoms with Gasteiger partial charge in [0, 0.05) is 6.42 Å². The van der Waals surface area contributed by atoms with Crippen molar-refractivity contribution in [2.45, 2.75) is 38.8 Å². The van der Waals surface area contributed by atoms with E-state index in [1.165, 1.54) is 0 Å². The third-order valence-corrected chi connectivity index (χ3v) is 2.27. The SMILES string of the molecule is CC(C)(C)OC(=O)N[C@@H](Cc1ccccc1)C(=O)O.[LiH]. The Hall–Kier alpha value is -1.44. The van der Waals surface area contributed by atoms with Gasteiger partial charge in [0.25, 0.3) is 0 Å². The van der Waals surface area contributed by atoms with Gasteiger partial charge in [-0.3, -0.25) is 0 Å². The summed E-state index contributed by atoms with van der Waals surface area (Å²) in [6, 6.07) is 8.11. The van der Waals surface area contributed by atoms with Crippen molar-refractivity contribution in [3.63, 3.8) is 0 Å². The molecule has 0 bridgehead atoms. The van der Waals surface area contributed by atoms with E-state index in [1.807, 2.05) is 30.3 Å². The predicted octanol–water partition coefficient (Wildman–Crippen LogP) is 1.56. The van der Waals surface area contributed by atoms with Crippen LogP contribution in [0.2, 0.25) is 0 Å². The van der Waals surface area contributed by atoms with E-state index in [1.54, 1.807) is 20.8 Å². The van der Waals surface area contributed by atoms with Gasteiger partial charge in [-0.25, -0.2) is 9.59 Å². The molecule has 1 atom stereocenters. The van der Waals surface area contributed by atoms with E-state index in [2.05, 4.69) is 5.32 Å². The Labute approximate surface area is 130 Å². The molecule has 1 amide bonds. The first-order valence-corrected chi connectivity index (χ1v) is 6.04. The van der Waals surface area contributed by atoms with E-state index in [9.17, 15) is 9.59 Å². The van der Waals surface area contributed by atoms with Gasteiger partial charge in [-0.1, -0.05) is 30.3 Å². The van der Waals surface area contributed by atoms with Gasteiger partial charge in [-0.05, 0) is 26.3 Å². The molecule has 0 aromatic heterocycles. The minimum absolute atomic E-state index is 0. The van der Waals surface area contributed by atoms with Crippen molar-refractivity contribution < 1.29 is 19.4 Å². The van der Waals surface area contributed by atoms with Crippen molar-refractivity contribution in [2.24, 2.45) is 0 Å². The van der Waals surface area contributed by atoms with Crippen LogP contribution in [0.1, 0.15) is 26.3 Å². The van der Waals surface area contributed by atoms with Crippen molar-refractivity contribution in [1.29, 1.82) is 0 Å². The van der Waals surface area contributed by atoms with Gasteiger partial charge in [0.2, 0.25) is 0 Å². The molecule has 0 spiro atoms. The summed E-state index contributed by atoms with van der Waals surface area (Å²) in [5.41, 5.74) is 0.186. The van der Waals surface area contributed by atoms with Crippen LogP contribution in [0.25, 0.3) is 0 Å². The number of aliphatic carboxylic acids is 1. The molecule has 0 aliphatic carbocycles. The van der Waals surface area contributed by atoms with Crippen molar-refractivity contribution in [1.82, 2.24) is 5.32 Å². The monoisotopic (exact) mass is 273 g/mol. The van der Waals surface area contributed by atoms with Crippen molar-refractivity contribution in [2.75, 3.05) is 0 Å². The molecule has 0 radical (unpaired) electrons. The molecular weight excluding hydrogens is 253 g/mol. The molecule has 5 nitrogen and oxygen atoms in total. The summed E-state index contributed by atoms with van der Waals surface area (Å²) in [5, 5.41) is 11.5. The third kappa shape index (κ3) is 7.22. The van der Waals surface area contributed by atoms with Gasteiger partial charge in [0.1, 0.15) is 11.6 Å². The molecule has 1 rings (SSSR count).